The Morgan fingerprint density at radius 2 is 1.83 bits per heavy atom. The number of pyridine rings is 1. The van der Waals surface area contributed by atoms with Gasteiger partial charge in [0.25, 0.3) is 0 Å². The van der Waals surface area contributed by atoms with E-state index in [9.17, 15) is 9.59 Å². The summed E-state index contributed by atoms with van der Waals surface area (Å²) in [4.78, 5) is 35.7. The predicted octanol–water partition coefficient (Wildman–Crippen LogP) is 5.11. The number of rotatable bonds is 1. The van der Waals surface area contributed by atoms with Crippen molar-refractivity contribution in [1.29, 1.82) is 0 Å². The maximum Gasteiger partial charge on any atom is 0.410 e. The fraction of sp³-hybridized carbons (Fsp3) is 0.500. The molecule has 186 valence electrons. The summed E-state index contributed by atoms with van der Waals surface area (Å²) >= 11 is 6.08. The molecule has 1 fully saturated rings. The number of hydrogen-bond acceptors (Lipinski definition) is 5. The lowest BCUT2D eigenvalue weighted by atomic mass is 9.74. The standard InChI is InChI=1S/C26H31ClN4O4/c1-25(2,3)35-24(33)30-9-6-26(7-10-30)16-31(21-12-18-15-34-14-17(18)11-20(21)26)23(32)29(4)19-5-8-28-22(27)13-19/h5,8,11-13H,6-7,9-10,14-16H2,1-4H3. The van der Waals surface area contributed by atoms with E-state index in [2.05, 4.69) is 17.1 Å². The summed E-state index contributed by atoms with van der Waals surface area (Å²) < 4.78 is 11.3. The van der Waals surface area contributed by atoms with Crippen LogP contribution in [0.3, 0.4) is 0 Å². The molecule has 2 aromatic rings. The molecule has 0 atom stereocenters. The first-order valence-corrected chi connectivity index (χ1v) is 12.3. The Labute approximate surface area is 210 Å². The number of anilines is 2. The summed E-state index contributed by atoms with van der Waals surface area (Å²) in [7, 11) is 1.75. The van der Waals surface area contributed by atoms with Crippen molar-refractivity contribution in [1.82, 2.24) is 9.88 Å². The van der Waals surface area contributed by atoms with Crippen molar-refractivity contribution in [2.75, 3.05) is 36.5 Å². The molecule has 0 bridgehead atoms. The normalized spacial score (nSPS) is 18.4. The zero-order valence-corrected chi connectivity index (χ0v) is 21.4. The average molecular weight is 499 g/mol. The molecule has 1 aromatic heterocycles. The van der Waals surface area contributed by atoms with Gasteiger partial charge in [0, 0.05) is 49.7 Å². The first kappa shape index (κ1) is 23.9. The van der Waals surface area contributed by atoms with E-state index in [1.165, 1.54) is 11.1 Å². The summed E-state index contributed by atoms with van der Waals surface area (Å²) in [5.74, 6) is 0. The second-order valence-electron chi connectivity index (χ2n) is 10.6. The Hall–Kier alpha value is -2.84. The SMILES string of the molecule is CN(C(=O)N1CC2(CCN(C(=O)OC(C)(C)C)CC2)c2cc3c(cc21)COC3)c1ccnc(Cl)c1. The summed E-state index contributed by atoms with van der Waals surface area (Å²) in [5.41, 5.74) is 4.33. The van der Waals surface area contributed by atoms with Crippen LogP contribution in [-0.4, -0.2) is 54.3 Å². The quantitative estimate of drug-likeness (QED) is 0.511. The third-order valence-corrected chi connectivity index (χ3v) is 7.35. The third-order valence-electron chi connectivity index (χ3n) is 7.14. The van der Waals surface area contributed by atoms with Crippen LogP contribution in [0, 0.1) is 0 Å². The zero-order valence-electron chi connectivity index (χ0n) is 20.6. The molecule has 9 heteroatoms. The molecule has 0 saturated carbocycles. The molecule has 5 rings (SSSR count). The van der Waals surface area contributed by atoms with E-state index in [4.69, 9.17) is 21.1 Å². The van der Waals surface area contributed by atoms with Gasteiger partial charge < -0.3 is 14.4 Å². The molecule has 3 aliphatic heterocycles. The topological polar surface area (TPSA) is 75.2 Å². The number of urea groups is 1. The predicted molar refractivity (Wildman–Crippen MR) is 134 cm³/mol. The first-order chi connectivity index (χ1) is 16.6. The minimum absolute atomic E-state index is 0.126. The van der Waals surface area contributed by atoms with Crippen molar-refractivity contribution in [3.05, 3.63) is 52.3 Å². The van der Waals surface area contributed by atoms with E-state index >= 15 is 0 Å². The Kier molecular flexibility index (Phi) is 5.92. The lowest BCUT2D eigenvalue weighted by Crippen LogP contribution is -2.50. The summed E-state index contributed by atoms with van der Waals surface area (Å²) in [5, 5.41) is 0.338. The van der Waals surface area contributed by atoms with Gasteiger partial charge in [-0.3, -0.25) is 9.80 Å². The van der Waals surface area contributed by atoms with Crippen molar-refractivity contribution < 1.29 is 19.1 Å². The van der Waals surface area contributed by atoms with Gasteiger partial charge >= 0.3 is 12.1 Å². The summed E-state index contributed by atoms with van der Waals surface area (Å²) in [6.45, 7) is 8.51. The average Bonchev–Trinajstić information content (AvgIpc) is 3.39. The minimum atomic E-state index is -0.531. The Balaban J connectivity index is 1.44. The van der Waals surface area contributed by atoms with Crippen molar-refractivity contribution in [2.45, 2.75) is 57.8 Å². The van der Waals surface area contributed by atoms with E-state index in [1.807, 2.05) is 25.7 Å². The first-order valence-electron chi connectivity index (χ1n) is 12.0. The molecule has 0 radical (unpaired) electrons. The summed E-state index contributed by atoms with van der Waals surface area (Å²) in [6.07, 6.45) is 2.83. The number of ether oxygens (including phenoxy) is 2. The highest BCUT2D eigenvalue weighted by molar-refractivity contribution is 6.29. The lowest BCUT2D eigenvalue weighted by Gasteiger charge is -2.40. The van der Waals surface area contributed by atoms with Gasteiger partial charge in [0.15, 0.2) is 0 Å². The molecule has 0 N–H and O–H groups in total. The Bertz CT molecular complexity index is 1170. The maximum atomic E-state index is 13.7. The largest absolute Gasteiger partial charge is 0.444 e. The fourth-order valence-corrected chi connectivity index (χ4v) is 5.44. The number of likely N-dealkylation sites (tertiary alicyclic amines) is 1. The molecule has 1 spiro atoms. The maximum absolute atomic E-state index is 13.7. The Morgan fingerprint density at radius 3 is 2.49 bits per heavy atom. The highest BCUT2D eigenvalue weighted by Crippen LogP contribution is 2.49. The van der Waals surface area contributed by atoms with Crippen LogP contribution in [-0.2, 0) is 28.1 Å². The van der Waals surface area contributed by atoms with Crippen molar-refractivity contribution in [2.24, 2.45) is 0 Å². The van der Waals surface area contributed by atoms with Gasteiger partial charge in [-0.15, -0.1) is 0 Å². The number of halogens is 1. The third kappa shape index (κ3) is 4.45. The van der Waals surface area contributed by atoms with Gasteiger partial charge in [0.05, 0.1) is 13.2 Å². The molecule has 8 nitrogen and oxygen atoms in total. The van der Waals surface area contributed by atoms with E-state index in [-0.39, 0.29) is 17.5 Å². The van der Waals surface area contributed by atoms with E-state index < -0.39 is 5.60 Å². The number of aromatic nitrogens is 1. The fourth-order valence-electron chi connectivity index (χ4n) is 5.27. The Morgan fingerprint density at radius 1 is 1.14 bits per heavy atom. The minimum Gasteiger partial charge on any atom is -0.444 e. The van der Waals surface area contributed by atoms with Crippen LogP contribution in [0.5, 0.6) is 0 Å². The van der Waals surface area contributed by atoms with Gasteiger partial charge in [0.2, 0.25) is 0 Å². The van der Waals surface area contributed by atoms with Gasteiger partial charge in [-0.05, 0) is 68.5 Å². The van der Waals surface area contributed by atoms with Crippen LogP contribution in [0.25, 0.3) is 0 Å². The smallest absolute Gasteiger partial charge is 0.410 e. The number of fused-ring (bicyclic) bond motifs is 3. The van der Waals surface area contributed by atoms with E-state index in [1.54, 1.807) is 35.2 Å². The highest BCUT2D eigenvalue weighted by atomic mass is 35.5. The van der Waals surface area contributed by atoms with Crippen LogP contribution in [0.4, 0.5) is 21.0 Å². The number of carbonyl (C=O) groups is 2. The van der Waals surface area contributed by atoms with Crippen LogP contribution < -0.4 is 9.80 Å². The van der Waals surface area contributed by atoms with Crippen molar-refractivity contribution >= 4 is 35.1 Å². The molecule has 1 aromatic carbocycles. The van der Waals surface area contributed by atoms with Crippen LogP contribution in [0.15, 0.2) is 30.5 Å². The second kappa shape index (κ2) is 8.68. The van der Waals surface area contributed by atoms with Crippen LogP contribution in [0.1, 0.15) is 50.3 Å². The van der Waals surface area contributed by atoms with E-state index in [0.29, 0.717) is 43.7 Å². The van der Waals surface area contributed by atoms with Gasteiger partial charge in [-0.1, -0.05) is 17.7 Å². The molecular weight excluding hydrogens is 468 g/mol. The molecule has 0 unspecified atom stereocenters. The molecule has 0 aliphatic carbocycles. The number of benzene rings is 1. The second-order valence-corrected chi connectivity index (χ2v) is 11.0. The molecular formula is C26H31ClN4O4. The molecule has 3 aliphatic rings. The molecule has 3 amide bonds. The highest BCUT2D eigenvalue weighted by Gasteiger charge is 2.48. The molecule has 35 heavy (non-hydrogen) atoms. The number of carbonyl (C=O) groups excluding carboxylic acids is 2. The van der Waals surface area contributed by atoms with Gasteiger partial charge in [-0.2, -0.15) is 0 Å². The number of hydrogen-bond donors (Lipinski definition) is 0. The monoisotopic (exact) mass is 498 g/mol. The molecule has 1 saturated heterocycles. The zero-order chi connectivity index (χ0) is 25.0. The number of nitrogens with zero attached hydrogens (tertiary/aromatic N) is 4. The summed E-state index contributed by atoms with van der Waals surface area (Å²) in [6, 6.07) is 7.66. The van der Waals surface area contributed by atoms with Crippen LogP contribution >= 0.6 is 11.6 Å². The number of amides is 3. The van der Waals surface area contributed by atoms with Gasteiger partial charge in [-0.25, -0.2) is 14.6 Å². The van der Waals surface area contributed by atoms with Gasteiger partial charge in [0.1, 0.15) is 10.8 Å². The molecule has 4 heterocycles. The number of piperidine rings is 1. The lowest BCUT2D eigenvalue weighted by molar-refractivity contribution is 0.0170. The van der Waals surface area contributed by atoms with E-state index in [0.717, 1.165) is 24.1 Å². The van der Waals surface area contributed by atoms with Crippen molar-refractivity contribution in [3.63, 3.8) is 0 Å². The van der Waals surface area contributed by atoms with Crippen molar-refractivity contribution in [3.8, 4) is 0 Å². The van der Waals surface area contributed by atoms with Crippen LogP contribution in [0.2, 0.25) is 5.15 Å².